The zero-order valence-corrected chi connectivity index (χ0v) is 19.0. The molecular weight excluding hydrogens is 454 g/mol. The SMILES string of the molecule is Cc1ccc(C(=O)Nc2ccn([C@H]3C[C@H](O)[C@@H](COC(=O)COc4ccccc4)O3)c(=O)n2)cc1. The summed E-state index contributed by atoms with van der Waals surface area (Å²) in [4.78, 5) is 40.7. The molecule has 182 valence electrons. The van der Waals surface area contributed by atoms with Gasteiger partial charge in [0.25, 0.3) is 5.91 Å². The van der Waals surface area contributed by atoms with E-state index < -0.39 is 30.1 Å². The molecule has 1 aromatic heterocycles. The summed E-state index contributed by atoms with van der Waals surface area (Å²) in [5, 5.41) is 12.9. The molecule has 1 saturated heterocycles. The molecule has 1 fully saturated rings. The summed E-state index contributed by atoms with van der Waals surface area (Å²) in [6.07, 6.45) is -1.01. The van der Waals surface area contributed by atoms with Crippen molar-refractivity contribution >= 4 is 17.7 Å². The lowest BCUT2D eigenvalue weighted by atomic mass is 10.1. The van der Waals surface area contributed by atoms with Gasteiger partial charge in [-0.3, -0.25) is 9.36 Å². The number of amides is 1. The van der Waals surface area contributed by atoms with Crippen LogP contribution in [0.4, 0.5) is 5.82 Å². The minimum absolute atomic E-state index is 0.0965. The third kappa shape index (κ3) is 6.31. The minimum atomic E-state index is -0.948. The van der Waals surface area contributed by atoms with Crippen molar-refractivity contribution in [3.8, 4) is 5.75 Å². The standard InChI is InChI=1S/C25H25N3O7/c1-16-7-9-17(10-8-16)24(31)26-21-11-12-28(25(32)27-21)22-13-19(29)20(35-22)14-34-23(30)15-33-18-5-3-2-4-6-18/h2-12,19-20,22,29H,13-15H2,1H3,(H,26,27,31,32)/t19-,20+,22+/m0/s1. The number of para-hydroxylation sites is 1. The lowest BCUT2D eigenvalue weighted by Crippen LogP contribution is -2.30. The Labute approximate surface area is 201 Å². The molecule has 0 aliphatic carbocycles. The molecule has 0 spiro atoms. The van der Waals surface area contributed by atoms with E-state index in [4.69, 9.17) is 14.2 Å². The fourth-order valence-corrected chi connectivity index (χ4v) is 3.51. The van der Waals surface area contributed by atoms with Crippen LogP contribution in [0.2, 0.25) is 0 Å². The van der Waals surface area contributed by atoms with Crippen LogP contribution in [0.25, 0.3) is 0 Å². The number of aliphatic hydroxyl groups excluding tert-OH is 1. The highest BCUT2D eigenvalue weighted by Crippen LogP contribution is 2.28. The van der Waals surface area contributed by atoms with E-state index in [1.54, 1.807) is 36.4 Å². The Hall–Kier alpha value is -4.02. The predicted octanol–water partition coefficient (Wildman–Crippen LogP) is 2.07. The maximum atomic E-state index is 12.5. The second kappa shape index (κ2) is 10.9. The molecule has 10 heteroatoms. The van der Waals surface area contributed by atoms with Crippen LogP contribution in [0.3, 0.4) is 0 Å². The van der Waals surface area contributed by atoms with Gasteiger partial charge in [0.1, 0.15) is 30.5 Å². The number of aromatic nitrogens is 2. The van der Waals surface area contributed by atoms with E-state index in [0.717, 1.165) is 5.56 Å². The molecule has 0 saturated carbocycles. The first-order chi connectivity index (χ1) is 16.9. The van der Waals surface area contributed by atoms with E-state index in [9.17, 15) is 19.5 Å². The average molecular weight is 479 g/mol. The molecule has 1 aliphatic rings. The second-order valence-electron chi connectivity index (χ2n) is 8.04. The molecule has 2 aromatic carbocycles. The highest BCUT2D eigenvalue weighted by molar-refractivity contribution is 6.03. The van der Waals surface area contributed by atoms with Gasteiger partial charge in [-0.25, -0.2) is 9.59 Å². The highest BCUT2D eigenvalue weighted by atomic mass is 16.6. The molecule has 3 atom stereocenters. The number of nitrogens with one attached hydrogen (secondary N) is 1. The zero-order valence-electron chi connectivity index (χ0n) is 19.0. The van der Waals surface area contributed by atoms with Crippen molar-refractivity contribution < 1.29 is 28.9 Å². The maximum absolute atomic E-state index is 12.5. The lowest BCUT2D eigenvalue weighted by Gasteiger charge is -2.16. The quantitative estimate of drug-likeness (QED) is 0.470. The Kier molecular flexibility index (Phi) is 7.54. The molecule has 1 amide bonds. The molecule has 10 nitrogen and oxygen atoms in total. The summed E-state index contributed by atoms with van der Waals surface area (Å²) >= 11 is 0. The van der Waals surface area contributed by atoms with Crippen LogP contribution in [-0.4, -0.2) is 52.0 Å². The van der Waals surface area contributed by atoms with Crippen molar-refractivity contribution in [3.05, 3.63) is 88.5 Å². The van der Waals surface area contributed by atoms with Crippen LogP contribution in [0, 0.1) is 6.92 Å². The van der Waals surface area contributed by atoms with Crippen LogP contribution >= 0.6 is 0 Å². The number of hydrogen-bond acceptors (Lipinski definition) is 8. The van der Waals surface area contributed by atoms with Crippen LogP contribution in [0.15, 0.2) is 71.7 Å². The molecular formula is C25H25N3O7. The van der Waals surface area contributed by atoms with Crippen molar-refractivity contribution in [2.45, 2.75) is 31.8 Å². The first-order valence-corrected chi connectivity index (χ1v) is 11.0. The maximum Gasteiger partial charge on any atom is 0.351 e. The fourth-order valence-electron chi connectivity index (χ4n) is 3.51. The molecule has 1 aliphatic heterocycles. The predicted molar refractivity (Wildman–Crippen MR) is 125 cm³/mol. The van der Waals surface area contributed by atoms with Crippen LogP contribution < -0.4 is 15.7 Å². The first kappa shape index (κ1) is 24.1. The van der Waals surface area contributed by atoms with Crippen molar-refractivity contribution in [2.24, 2.45) is 0 Å². The normalized spacial score (nSPS) is 19.2. The number of carbonyl (C=O) groups is 2. The summed E-state index contributed by atoms with van der Waals surface area (Å²) in [6.45, 7) is 1.44. The Morgan fingerprint density at radius 1 is 1.14 bits per heavy atom. The number of aryl methyl sites for hydroxylation is 1. The summed E-state index contributed by atoms with van der Waals surface area (Å²) in [7, 11) is 0. The molecule has 0 bridgehead atoms. The molecule has 0 unspecified atom stereocenters. The molecule has 2 N–H and O–H groups in total. The number of esters is 1. The van der Waals surface area contributed by atoms with Crippen molar-refractivity contribution in [2.75, 3.05) is 18.5 Å². The Balaban J connectivity index is 1.30. The monoisotopic (exact) mass is 479 g/mol. The highest BCUT2D eigenvalue weighted by Gasteiger charge is 2.36. The van der Waals surface area contributed by atoms with E-state index in [1.807, 2.05) is 25.1 Å². The third-order valence-electron chi connectivity index (χ3n) is 5.41. The fraction of sp³-hybridized carbons (Fsp3) is 0.280. The van der Waals surface area contributed by atoms with Gasteiger partial charge in [-0.15, -0.1) is 0 Å². The van der Waals surface area contributed by atoms with E-state index in [0.29, 0.717) is 11.3 Å². The summed E-state index contributed by atoms with van der Waals surface area (Å²) < 4.78 is 17.4. The molecule has 2 heterocycles. The molecule has 4 rings (SSSR count). The first-order valence-electron chi connectivity index (χ1n) is 11.0. The van der Waals surface area contributed by atoms with E-state index in [-0.39, 0.29) is 31.4 Å². The van der Waals surface area contributed by atoms with Gasteiger partial charge in [-0.2, -0.15) is 4.98 Å². The Morgan fingerprint density at radius 3 is 2.60 bits per heavy atom. The van der Waals surface area contributed by atoms with Gasteiger partial charge >= 0.3 is 11.7 Å². The van der Waals surface area contributed by atoms with Gasteiger partial charge in [-0.1, -0.05) is 35.9 Å². The van der Waals surface area contributed by atoms with Crippen molar-refractivity contribution in [1.29, 1.82) is 0 Å². The average Bonchev–Trinajstić information content (AvgIpc) is 3.22. The summed E-state index contributed by atoms with van der Waals surface area (Å²) in [5.41, 5.74) is 0.808. The van der Waals surface area contributed by atoms with Gasteiger partial charge in [-0.05, 0) is 37.3 Å². The van der Waals surface area contributed by atoms with Gasteiger partial charge < -0.3 is 24.6 Å². The molecule has 0 radical (unpaired) electrons. The summed E-state index contributed by atoms with van der Waals surface area (Å²) in [6, 6.07) is 17.3. The molecule has 3 aromatic rings. The number of rotatable bonds is 8. The van der Waals surface area contributed by atoms with Crippen LogP contribution in [-0.2, 0) is 14.3 Å². The zero-order chi connectivity index (χ0) is 24.8. The van der Waals surface area contributed by atoms with Crippen LogP contribution in [0.1, 0.15) is 28.6 Å². The number of benzene rings is 2. The Morgan fingerprint density at radius 2 is 1.89 bits per heavy atom. The summed E-state index contributed by atoms with van der Waals surface area (Å²) in [5.74, 6) is -0.368. The second-order valence-corrected chi connectivity index (χ2v) is 8.04. The third-order valence-corrected chi connectivity index (χ3v) is 5.41. The lowest BCUT2D eigenvalue weighted by molar-refractivity contribution is -0.152. The number of hydrogen-bond donors (Lipinski definition) is 2. The number of carbonyl (C=O) groups excluding carboxylic acids is 2. The van der Waals surface area contributed by atoms with Gasteiger partial charge in [0.2, 0.25) is 0 Å². The van der Waals surface area contributed by atoms with Crippen molar-refractivity contribution in [1.82, 2.24) is 9.55 Å². The smallest absolute Gasteiger partial charge is 0.351 e. The topological polar surface area (TPSA) is 129 Å². The van der Waals surface area contributed by atoms with E-state index in [2.05, 4.69) is 10.3 Å². The van der Waals surface area contributed by atoms with E-state index >= 15 is 0 Å². The van der Waals surface area contributed by atoms with Gasteiger partial charge in [0.05, 0.1) is 6.10 Å². The van der Waals surface area contributed by atoms with Crippen molar-refractivity contribution in [3.63, 3.8) is 0 Å². The number of ether oxygens (including phenoxy) is 3. The number of anilines is 1. The van der Waals surface area contributed by atoms with E-state index in [1.165, 1.54) is 16.8 Å². The van der Waals surface area contributed by atoms with Gasteiger partial charge in [0, 0.05) is 18.2 Å². The van der Waals surface area contributed by atoms with Gasteiger partial charge in [0.15, 0.2) is 6.61 Å². The minimum Gasteiger partial charge on any atom is -0.482 e. The molecule has 35 heavy (non-hydrogen) atoms. The number of aliphatic hydroxyl groups is 1. The number of nitrogens with zero attached hydrogens (tertiary/aromatic N) is 2. The largest absolute Gasteiger partial charge is 0.482 e. The van der Waals surface area contributed by atoms with Crippen LogP contribution in [0.5, 0.6) is 5.75 Å². The Bertz CT molecular complexity index is 1230.